The molecule has 2 aliphatic heterocycles. The number of H-pyrrole nitrogens is 1. The highest BCUT2D eigenvalue weighted by Crippen LogP contribution is 2.43. The van der Waals surface area contributed by atoms with Gasteiger partial charge in [-0.3, -0.25) is 19.1 Å². The van der Waals surface area contributed by atoms with Crippen molar-refractivity contribution in [3.8, 4) is 0 Å². The van der Waals surface area contributed by atoms with Crippen LogP contribution in [0.2, 0.25) is 0 Å². The monoisotopic (exact) mass is 402 g/mol. The van der Waals surface area contributed by atoms with Crippen molar-refractivity contribution in [3.05, 3.63) is 69.0 Å². The predicted octanol–water partition coefficient (Wildman–Crippen LogP) is 0.742. The van der Waals surface area contributed by atoms with Crippen LogP contribution in [0.5, 0.6) is 0 Å². The zero-order chi connectivity index (χ0) is 20.4. The van der Waals surface area contributed by atoms with E-state index >= 15 is 0 Å². The number of hydrogen-bond acceptors (Lipinski definition) is 7. The number of nitrogens with zero attached hydrogens (tertiary/aromatic N) is 1. The molecule has 4 rings (SSSR count). The first-order chi connectivity index (χ1) is 14.0. The quantitative estimate of drug-likeness (QED) is 0.710. The first-order valence-corrected chi connectivity index (χ1v) is 9.37. The maximum atomic E-state index is 12.2. The molecular formula is C20H22N2O7. The van der Waals surface area contributed by atoms with Gasteiger partial charge in [0.25, 0.3) is 5.56 Å². The normalized spacial score (nSPS) is 28.2. The third-order valence-electron chi connectivity index (χ3n) is 5.16. The molecular weight excluding hydrogens is 380 g/mol. The third kappa shape index (κ3) is 4.02. The van der Waals surface area contributed by atoms with Gasteiger partial charge in [-0.05, 0) is 5.56 Å². The number of benzene rings is 1. The van der Waals surface area contributed by atoms with Gasteiger partial charge >= 0.3 is 11.7 Å². The van der Waals surface area contributed by atoms with Crippen molar-refractivity contribution < 1.29 is 23.7 Å². The third-order valence-corrected chi connectivity index (χ3v) is 5.16. The van der Waals surface area contributed by atoms with E-state index in [2.05, 4.69) is 4.98 Å². The molecule has 4 atom stereocenters. The Bertz CT molecular complexity index is 986. The molecule has 29 heavy (non-hydrogen) atoms. The summed E-state index contributed by atoms with van der Waals surface area (Å²) in [5.41, 5.74) is -1.12. The average molecular weight is 402 g/mol. The molecule has 2 fully saturated rings. The second-order valence-electron chi connectivity index (χ2n) is 7.24. The van der Waals surface area contributed by atoms with Crippen molar-refractivity contribution in [3.63, 3.8) is 0 Å². The number of carbonyl (C=O) groups excluding carboxylic acids is 1. The Labute approximate surface area is 166 Å². The first kappa shape index (κ1) is 19.6. The van der Waals surface area contributed by atoms with E-state index in [1.54, 1.807) is 0 Å². The maximum absolute atomic E-state index is 12.2. The lowest BCUT2D eigenvalue weighted by molar-refractivity contribution is -0.229. The van der Waals surface area contributed by atoms with E-state index in [0.29, 0.717) is 13.0 Å². The molecule has 2 bridgehead atoms. The molecule has 9 heteroatoms. The SMILES string of the molecule is CC(=O)OC[C@@]12COC(C[C@H](n3ccc(=O)[nH]c3=O)O1)[C@@H]2OCc1ccccc1. The first-order valence-electron chi connectivity index (χ1n) is 9.37. The van der Waals surface area contributed by atoms with Crippen molar-refractivity contribution in [2.45, 2.75) is 44.0 Å². The molecule has 1 N–H and O–H groups in total. The highest BCUT2D eigenvalue weighted by molar-refractivity contribution is 5.66. The summed E-state index contributed by atoms with van der Waals surface area (Å²) in [6, 6.07) is 10.9. The summed E-state index contributed by atoms with van der Waals surface area (Å²) in [4.78, 5) is 37.2. The minimum atomic E-state index is -1.05. The molecule has 1 unspecified atom stereocenters. The molecule has 0 radical (unpaired) electrons. The van der Waals surface area contributed by atoms with Crippen molar-refractivity contribution >= 4 is 5.97 Å². The Morgan fingerprint density at radius 2 is 2.07 bits per heavy atom. The highest BCUT2D eigenvalue weighted by atomic mass is 16.6. The number of fused-ring (bicyclic) bond motifs is 2. The lowest BCUT2D eigenvalue weighted by Gasteiger charge is -2.42. The van der Waals surface area contributed by atoms with Crippen molar-refractivity contribution in [2.75, 3.05) is 13.2 Å². The van der Waals surface area contributed by atoms with E-state index in [9.17, 15) is 14.4 Å². The van der Waals surface area contributed by atoms with Crippen LogP contribution < -0.4 is 11.2 Å². The number of nitrogens with one attached hydrogen (secondary N) is 1. The Balaban J connectivity index is 1.59. The van der Waals surface area contributed by atoms with Crippen LogP contribution in [0.25, 0.3) is 0 Å². The number of carbonyl (C=O) groups is 1. The second-order valence-corrected chi connectivity index (χ2v) is 7.24. The largest absolute Gasteiger partial charge is 0.463 e. The fourth-order valence-electron chi connectivity index (χ4n) is 3.79. The summed E-state index contributed by atoms with van der Waals surface area (Å²) in [7, 11) is 0. The van der Waals surface area contributed by atoms with Gasteiger partial charge in [0.15, 0.2) is 5.60 Å². The van der Waals surface area contributed by atoms with E-state index in [4.69, 9.17) is 18.9 Å². The van der Waals surface area contributed by atoms with Crippen molar-refractivity contribution in [2.24, 2.45) is 0 Å². The summed E-state index contributed by atoms with van der Waals surface area (Å²) in [5.74, 6) is -0.448. The van der Waals surface area contributed by atoms with Crippen LogP contribution in [0.1, 0.15) is 25.1 Å². The standard InChI is InChI=1S/C20H22N2O7/c1-13(23)27-11-20-12-28-15(18(20)26-10-14-5-3-2-4-6-14)9-17(29-20)22-8-7-16(24)21-19(22)25/h2-8,15,17-18H,9-12H2,1H3,(H,21,24,25)/t15?,17-,18+,20+/m1/s1. The smallest absolute Gasteiger partial charge is 0.330 e. The lowest BCUT2D eigenvalue weighted by atomic mass is 9.91. The second kappa shape index (κ2) is 7.94. The van der Waals surface area contributed by atoms with E-state index in [0.717, 1.165) is 5.56 Å². The molecule has 0 saturated carbocycles. The summed E-state index contributed by atoms with van der Waals surface area (Å²) in [5, 5.41) is 0. The summed E-state index contributed by atoms with van der Waals surface area (Å²) in [6.07, 6.45) is 0.228. The number of hydrogen-bond donors (Lipinski definition) is 1. The van der Waals surface area contributed by atoms with Gasteiger partial charge in [0, 0.05) is 25.6 Å². The zero-order valence-electron chi connectivity index (χ0n) is 15.9. The summed E-state index contributed by atoms with van der Waals surface area (Å²) >= 11 is 0. The molecule has 0 spiro atoms. The number of ether oxygens (including phenoxy) is 4. The van der Waals surface area contributed by atoms with E-state index in [1.165, 1.54) is 23.8 Å². The molecule has 3 heterocycles. The predicted molar refractivity (Wildman–Crippen MR) is 100 cm³/mol. The number of aromatic nitrogens is 2. The molecule has 0 amide bonds. The van der Waals surface area contributed by atoms with Crippen molar-refractivity contribution in [1.29, 1.82) is 0 Å². The Morgan fingerprint density at radius 3 is 2.79 bits per heavy atom. The van der Waals surface area contributed by atoms with Gasteiger partial charge in [-0.25, -0.2) is 4.79 Å². The molecule has 2 saturated heterocycles. The molecule has 154 valence electrons. The van der Waals surface area contributed by atoms with Crippen molar-refractivity contribution in [1.82, 2.24) is 9.55 Å². The van der Waals surface area contributed by atoms with E-state index in [1.807, 2.05) is 30.3 Å². The Hall–Kier alpha value is -2.75. The molecule has 0 aliphatic carbocycles. The van der Waals surface area contributed by atoms with Gasteiger partial charge in [-0.2, -0.15) is 0 Å². The van der Waals surface area contributed by atoms with Crippen LogP contribution in [-0.4, -0.2) is 46.5 Å². The summed E-state index contributed by atoms with van der Waals surface area (Å²) in [6.45, 7) is 1.77. The van der Waals surface area contributed by atoms with Gasteiger partial charge in [0.1, 0.15) is 18.9 Å². The number of esters is 1. The Morgan fingerprint density at radius 1 is 1.28 bits per heavy atom. The van der Waals surface area contributed by atoms with Gasteiger partial charge in [0.2, 0.25) is 0 Å². The van der Waals surface area contributed by atoms with Crippen LogP contribution in [0, 0.1) is 0 Å². The van der Waals surface area contributed by atoms with Crippen LogP contribution in [0.3, 0.4) is 0 Å². The Kier molecular flexibility index (Phi) is 5.35. The zero-order valence-corrected chi connectivity index (χ0v) is 15.9. The minimum Gasteiger partial charge on any atom is -0.463 e. The molecule has 1 aromatic heterocycles. The lowest BCUT2D eigenvalue weighted by Crippen LogP contribution is -2.57. The van der Waals surface area contributed by atoms with Crippen LogP contribution in [0.4, 0.5) is 0 Å². The molecule has 2 aliphatic rings. The average Bonchev–Trinajstić information content (AvgIpc) is 2.90. The highest BCUT2D eigenvalue weighted by Gasteiger charge is 2.58. The topological polar surface area (TPSA) is 109 Å². The molecule has 1 aromatic carbocycles. The maximum Gasteiger partial charge on any atom is 0.330 e. The van der Waals surface area contributed by atoms with E-state index in [-0.39, 0.29) is 19.3 Å². The van der Waals surface area contributed by atoms with Crippen LogP contribution >= 0.6 is 0 Å². The molecule has 9 nitrogen and oxygen atoms in total. The number of aromatic amines is 1. The fourth-order valence-corrected chi connectivity index (χ4v) is 3.79. The van der Waals surface area contributed by atoms with Gasteiger partial charge in [-0.1, -0.05) is 30.3 Å². The minimum absolute atomic E-state index is 0.0626. The van der Waals surface area contributed by atoms with Crippen LogP contribution in [0.15, 0.2) is 52.2 Å². The number of rotatable bonds is 6. The van der Waals surface area contributed by atoms with E-state index < -0.39 is 35.2 Å². The van der Waals surface area contributed by atoms with Gasteiger partial charge in [-0.15, -0.1) is 0 Å². The summed E-state index contributed by atoms with van der Waals surface area (Å²) < 4.78 is 24.8. The molecule has 2 aromatic rings. The van der Waals surface area contributed by atoms with Crippen LogP contribution in [-0.2, 0) is 30.3 Å². The van der Waals surface area contributed by atoms with Gasteiger partial charge < -0.3 is 18.9 Å². The van der Waals surface area contributed by atoms with Gasteiger partial charge in [0.05, 0.1) is 19.3 Å². The fraction of sp³-hybridized carbons (Fsp3) is 0.450.